The van der Waals surface area contributed by atoms with Crippen molar-refractivity contribution in [2.75, 3.05) is 11.9 Å². The highest BCUT2D eigenvalue weighted by Gasteiger charge is 2.30. The molecule has 1 aliphatic rings. The Morgan fingerprint density at radius 2 is 1.72 bits per heavy atom. The molecule has 128 valence electrons. The molecule has 2 aromatic carbocycles. The number of unbranched alkanes of at least 4 members (excludes halogenated alkanes) is 1. The quantitative estimate of drug-likeness (QED) is 0.503. The molecule has 2 aromatic rings. The predicted molar refractivity (Wildman–Crippen MR) is 98.8 cm³/mol. The Labute approximate surface area is 154 Å². The van der Waals surface area contributed by atoms with Crippen molar-refractivity contribution in [2.45, 2.75) is 12.8 Å². The fourth-order valence-corrected chi connectivity index (χ4v) is 2.95. The van der Waals surface area contributed by atoms with E-state index in [1.807, 2.05) is 6.07 Å². The second-order valence-corrected chi connectivity index (χ2v) is 6.33. The molecule has 25 heavy (non-hydrogen) atoms. The number of carbonyl (C=O) groups excluding carboxylic acids is 2. The normalized spacial score (nSPS) is 13.2. The Hall–Kier alpha value is -2.40. The van der Waals surface area contributed by atoms with Crippen molar-refractivity contribution in [2.24, 2.45) is 0 Å². The number of benzene rings is 2. The minimum atomic E-state index is -0.315. The van der Waals surface area contributed by atoms with Crippen molar-refractivity contribution in [1.29, 1.82) is 0 Å². The molecule has 4 nitrogen and oxygen atoms in total. The standard InChI is InChI=1S/C20H17BrO4/c21-11-4-5-12-24-17-10-6-9-15-19(17)16(22)13-18(20(15)23)25-14-7-2-1-3-8-14/h1-3,6-10,13H,4-5,11-12H2. The first-order valence-corrected chi connectivity index (χ1v) is 9.18. The van der Waals surface area contributed by atoms with Gasteiger partial charge in [0.15, 0.2) is 11.5 Å². The number of fused-ring (bicyclic) bond motifs is 1. The number of para-hydroxylation sites is 1. The lowest BCUT2D eigenvalue weighted by molar-refractivity contribution is 0.0944. The van der Waals surface area contributed by atoms with E-state index >= 15 is 0 Å². The molecule has 0 aliphatic heterocycles. The first-order valence-electron chi connectivity index (χ1n) is 8.06. The van der Waals surface area contributed by atoms with Gasteiger partial charge in [0.2, 0.25) is 5.78 Å². The molecule has 0 atom stereocenters. The molecule has 5 heteroatoms. The Kier molecular flexibility index (Phi) is 5.66. The number of allylic oxidation sites excluding steroid dienone is 2. The molecule has 0 amide bonds. The number of Topliss-reactive ketones (excluding diaryl/α,β-unsaturated/α-hetero) is 1. The number of hydrogen-bond donors (Lipinski definition) is 0. The molecular weight excluding hydrogens is 384 g/mol. The Balaban J connectivity index is 1.83. The minimum absolute atomic E-state index is 0.0279. The van der Waals surface area contributed by atoms with E-state index in [-0.39, 0.29) is 17.3 Å². The van der Waals surface area contributed by atoms with E-state index < -0.39 is 0 Å². The van der Waals surface area contributed by atoms with E-state index in [1.54, 1.807) is 42.5 Å². The van der Waals surface area contributed by atoms with E-state index in [4.69, 9.17) is 9.47 Å². The molecule has 0 aromatic heterocycles. The fraction of sp³-hybridized carbons (Fsp3) is 0.200. The van der Waals surface area contributed by atoms with Gasteiger partial charge in [-0.2, -0.15) is 0 Å². The highest BCUT2D eigenvalue weighted by molar-refractivity contribution is 9.09. The lowest BCUT2D eigenvalue weighted by atomic mass is 9.92. The number of ether oxygens (including phenoxy) is 2. The summed E-state index contributed by atoms with van der Waals surface area (Å²) >= 11 is 3.37. The third kappa shape index (κ3) is 3.99. The monoisotopic (exact) mass is 400 g/mol. The summed E-state index contributed by atoms with van der Waals surface area (Å²) in [6.45, 7) is 0.501. The van der Waals surface area contributed by atoms with Gasteiger partial charge in [-0.05, 0) is 37.1 Å². The molecule has 1 aliphatic carbocycles. The zero-order valence-corrected chi connectivity index (χ0v) is 15.1. The predicted octanol–water partition coefficient (Wildman–Crippen LogP) is 4.58. The maximum absolute atomic E-state index is 12.7. The Morgan fingerprint density at radius 3 is 2.48 bits per heavy atom. The molecule has 0 spiro atoms. The van der Waals surface area contributed by atoms with E-state index in [1.165, 1.54) is 6.08 Å². The maximum atomic E-state index is 12.7. The van der Waals surface area contributed by atoms with Gasteiger partial charge < -0.3 is 9.47 Å². The summed E-state index contributed by atoms with van der Waals surface area (Å²) < 4.78 is 11.3. The molecule has 0 saturated heterocycles. The van der Waals surface area contributed by atoms with E-state index in [9.17, 15) is 9.59 Å². The molecule has 3 rings (SSSR count). The van der Waals surface area contributed by atoms with Crippen molar-refractivity contribution in [1.82, 2.24) is 0 Å². The van der Waals surface area contributed by atoms with Crippen LogP contribution in [0.1, 0.15) is 33.6 Å². The number of alkyl halides is 1. The van der Waals surface area contributed by atoms with Gasteiger partial charge in [0.1, 0.15) is 11.5 Å². The fourth-order valence-electron chi connectivity index (χ4n) is 2.55. The van der Waals surface area contributed by atoms with Crippen molar-refractivity contribution >= 4 is 27.5 Å². The topological polar surface area (TPSA) is 52.6 Å². The third-order valence-corrected chi connectivity index (χ3v) is 4.32. The van der Waals surface area contributed by atoms with Crippen LogP contribution in [0.5, 0.6) is 11.5 Å². The summed E-state index contributed by atoms with van der Waals surface area (Å²) in [6, 6.07) is 14.0. The summed E-state index contributed by atoms with van der Waals surface area (Å²) in [5.41, 5.74) is 0.628. The molecule has 0 radical (unpaired) electrons. The summed E-state index contributed by atoms with van der Waals surface area (Å²) in [6.07, 6.45) is 3.09. The summed E-state index contributed by atoms with van der Waals surface area (Å²) in [5, 5.41) is 0.906. The van der Waals surface area contributed by atoms with Gasteiger partial charge in [0.25, 0.3) is 0 Å². The lowest BCUT2D eigenvalue weighted by Gasteiger charge is -2.18. The number of carbonyl (C=O) groups is 2. The van der Waals surface area contributed by atoms with Crippen LogP contribution in [-0.4, -0.2) is 23.5 Å². The van der Waals surface area contributed by atoms with Gasteiger partial charge in [-0.15, -0.1) is 0 Å². The van der Waals surface area contributed by atoms with Gasteiger partial charge in [-0.1, -0.05) is 40.2 Å². The lowest BCUT2D eigenvalue weighted by Crippen LogP contribution is -2.21. The summed E-state index contributed by atoms with van der Waals surface area (Å²) in [5.74, 6) is 0.391. The van der Waals surface area contributed by atoms with Gasteiger partial charge in [0.05, 0.1) is 12.2 Å². The maximum Gasteiger partial charge on any atom is 0.229 e. The molecule has 0 N–H and O–H groups in total. The summed E-state index contributed by atoms with van der Waals surface area (Å²) in [4.78, 5) is 25.2. The van der Waals surface area contributed by atoms with Crippen LogP contribution in [0.3, 0.4) is 0 Å². The average molecular weight is 401 g/mol. The van der Waals surface area contributed by atoms with Gasteiger partial charge in [-0.25, -0.2) is 0 Å². The smallest absolute Gasteiger partial charge is 0.229 e. The van der Waals surface area contributed by atoms with E-state index in [0.29, 0.717) is 29.2 Å². The van der Waals surface area contributed by atoms with Crippen LogP contribution in [0.2, 0.25) is 0 Å². The average Bonchev–Trinajstić information content (AvgIpc) is 2.64. The highest BCUT2D eigenvalue weighted by atomic mass is 79.9. The number of hydrogen-bond acceptors (Lipinski definition) is 4. The summed E-state index contributed by atoms with van der Waals surface area (Å²) in [7, 11) is 0. The van der Waals surface area contributed by atoms with Crippen molar-refractivity contribution in [3.8, 4) is 11.5 Å². The van der Waals surface area contributed by atoms with Gasteiger partial charge in [0, 0.05) is 17.0 Å². The Morgan fingerprint density at radius 1 is 0.920 bits per heavy atom. The zero-order valence-electron chi connectivity index (χ0n) is 13.5. The second kappa shape index (κ2) is 8.12. The first-order chi connectivity index (χ1) is 12.2. The molecular formula is C20H17BrO4. The van der Waals surface area contributed by atoms with Crippen LogP contribution < -0.4 is 9.47 Å². The van der Waals surface area contributed by atoms with Gasteiger partial charge >= 0.3 is 0 Å². The largest absolute Gasteiger partial charge is 0.493 e. The van der Waals surface area contributed by atoms with Gasteiger partial charge in [-0.3, -0.25) is 9.59 Å². The Bertz CT molecular complexity index is 812. The molecule has 0 saturated carbocycles. The van der Waals surface area contributed by atoms with Crippen LogP contribution >= 0.6 is 15.9 Å². The van der Waals surface area contributed by atoms with Crippen molar-refractivity contribution in [3.05, 3.63) is 71.5 Å². The highest BCUT2D eigenvalue weighted by Crippen LogP contribution is 2.30. The molecule has 0 heterocycles. The number of rotatable bonds is 7. The van der Waals surface area contributed by atoms with Crippen LogP contribution in [-0.2, 0) is 0 Å². The molecule has 0 bridgehead atoms. The SMILES string of the molecule is O=C1C(Oc2ccccc2)=CC(=O)c2c(OCCCCBr)cccc21. The number of ketones is 2. The zero-order chi connectivity index (χ0) is 17.6. The van der Waals surface area contributed by atoms with Crippen LogP contribution in [0.4, 0.5) is 0 Å². The van der Waals surface area contributed by atoms with Crippen LogP contribution in [0.15, 0.2) is 60.4 Å². The second-order valence-electron chi connectivity index (χ2n) is 5.54. The van der Waals surface area contributed by atoms with Crippen molar-refractivity contribution in [3.63, 3.8) is 0 Å². The first kappa shape index (κ1) is 17.4. The third-order valence-electron chi connectivity index (χ3n) is 3.76. The van der Waals surface area contributed by atoms with Crippen molar-refractivity contribution < 1.29 is 19.1 Å². The molecule has 0 fully saturated rings. The van der Waals surface area contributed by atoms with Crippen LogP contribution in [0, 0.1) is 0 Å². The number of halogens is 1. The molecule has 0 unspecified atom stereocenters. The minimum Gasteiger partial charge on any atom is -0.493 e. The van der Waals surface area contributed by atoms with Crippen LogP contribution in [0.25, 0.3) is 0 Å². The van der Waals surface area contributed by atoms with E-state index in [0.717, 1.165) is 18.2 Å². The van der Waals surface area contributed by atoms with E-state index in [2.05, 4.69) is 15.9 Å².